The molecule has 0 saturated carbocycles. The predicted octanol–water partition coefficient (Wildman–Crippen LogP) is 3.17. The molecule has 0 amide bonds. The first-order valence-electron chi connectivity index (χ1n) is 8.92. The molecule has 7 nitrogen and oxygen atoms in total. The van der Waals surface area contributed by atoms with Gasteiger partial charge in [0.2, 0.25) is 0 Å². The molecule has 3 rings (SSSR count). The molecule has 1 aromatic heterocycles. The molecule has 0 radical (unpaired) electrons. The summed E-state index contributed by atoms with van der Waals surface area (Å²) in [5.74, 6) is 0. The molecule has 158 valence electrons. The van der Waals surface area contributed by atoms with Crippen LogP contribution >= 0.6 is 0 Å². The zero-order valence-electron chi connectivity index (χ0n) is 17.1. The number of furan rings is 1. The predicted molar refractivity (Wildman–Crippen MR) is 119 cm³/mol. The van der Waals surface area contributed by atoms with Crippen molar-refractivity contribution in [2.75, 3.05) is 0 Å². The van der Waals surface area contributed by atoms with E-state index < -0.39 is 66.8 Å². The fourth-order valence-electron chi connectivity index (χ4n) is 3.53. The van der Waals surface area contributed by atoms with Crippen LogP contribution in [0, 0.1) is 0 Å². The average Bonchev–Trinajstić information content (AvgIpc) is 2.88. The Kier molecular flexibility index (Phi) is 5.70. The zero-order valence-corrected chi connectivity index (χ0v) is 24.4. The fourth-order valence-corrected chi connectivity index (χ4v) is 13.1. The van der Waals surface area contributed by atoms with Crippen LogP contribution < -0.4 is 7.16 Å². The third kappa shape index (κ3) is 4.22. The first kappa shape index (κ1) is 23.3. The van der Waals surface area contributed by atoms with Crippen molar-refractivity contribution < 1.29 is 30.4 Å². The summed E-state index contributed by atoms with van der Waals surface area (Å²) in [5, 5.41) is 0.0493. The summed E-state index contributed by atoms with van der Waals surface area (Å²) in [4.78, 5) is 11.9. The Morgan fingerprint density at radius 3 is 1.21 bits per heavy atom. The molecule has 0 aliphatic heterocycles. The van der Waals surface area contributed by atoms with Crippen molar-refractivity contribution >= 4 is 86.1 Å². The van der Waals surface area contributed by atoms with Crippen LogP contribution in [0.5, 0.6) is 0 Å². The molecule has 2 N–H and O–H groups in total. The van der Waals surface area contributed by atoms with E-state index >= 15 is 0 Å². The molecule has 11 heteroatoms. The quantitative estimate of drug-likeness (QED) is 0.328. The molecule has 0 fully saturated rings. The molecule has 1 heterocycles. The van der Waals surface area contributed by atoms with Gasteiger partial charge in [0.05, 0.1) is 0 Å². The normalized spacial score (nSPS) is 14.1. The van der Waals surface area contributed by atoms with Gasteiger partial charge in [0.25, 0.3) is 0 Å². The fraction of sp³-hybridized carbons (Fsp3) is 0.333. The second kappa shape index (κ2) is 7.09. The van der Waals surface area contributed by atoms with E-state index in [-0.39, 0.29) is 21.9 Å². The maximum absolute atomic E-state index is 12.1. The van der Waals surface area contributed by atoms with E-state index in [0.717, 1.165) is 7.16 Å². The standard InChI is InChI=1S/C12H6O7S2.6CH3.2Sn/c13-20(14,15)9-5-1-3-7-11(9)12-8(19-7)4-2-6-10(12)21(16,17)18;;;;;;;;/h1-2,5-6H,(H,13,14,15)(H,16,17,18);6*1H3;;. The van der Waals surface area contributed by atoms with Gasteiger partial charge < -0.3 is 0 Å². The first-order chi connectivity index (χ1) is 12.9. The molecule has 3 aromatic rings. The van der Waals surface area contributed by atoms with E-state index in [0.29, 0.717) is 0 Å². The molecular formula is C18H24O7S2Sn2. The van der Waals surface area contributed by atoms with Gasteiger partial charge >= 0.3 is 180 Å². The van der Waals surface area contributed by atoms with Gasteiger partial charge in [-0.3, -0.25) is 0 Å². The first-order valence-corrected chi connectivity index (χ1v) is 31.8. The van der Waals surface area contributed by atoms with Crippen LogP contribution in [0.3, 0.4) is 0 Å². The molecule has 0 atom stereocenters. The van der Waals surface area contributed by atoms with Crippen LogP contribution in [0.2, 0.25) is 29.6 Å². The summed E-state index contributed by atoms with van der Waals surface area (Å²) >= 11 is -5.69. The Hall–Kier alpha value is -0.343. The van der Waals surface area contributed by atoms with Crippen molar-refractivity contribution in [2.45, 2.75) is 39.4 Å². The number of hydrogen-bond acceptors (Lipinski definition) is 5. The molecule has 2 aromatic carbocycles. The van der Waals surface area contributed by atoms with Gasteiger partial charge in [-0.15, -0.1) is 0 Å². The zero-order chi connectivity index (χ0) is 22.2. The van der Waals surface area contributed by atoms with Crippen LogP contribution in [0.25, 0.3) is 21.9 Å². The number of rotatable bonds is 4. The monoisotopic (exact) mass is 656 g/mol. The van der Waals surface area contributed by atoms with Crippen LogP contribution in [0.15, 0.2) is 38.5 Å². The van der Waals surface area contributed by atoms with Crippen molar-refractivity contribution in [3.63, 3.8) is 0 Å². The van der Waals surface area contributed by atoms with Gasteiger partial charge in [0.15, 0.2) is 0 Å². The van der Waals surface area contributed by atoms with E-state index in [2.05, 4.69) is 29.6 Å². The Labute approximate surface area is 178 Å². The van der Waals surface area contributed by atoms with Gasteiger partial charge in [-0.05, 0) is 0 Å². The summed E-state index contributed by atoms with van der Waals surface area (Å²) in [6.07, 6.45) is 0. The topological polar surface area (TPSA) is 122 Å². The maximum atomic E-state index is 12.1. The molecule has 29 heavy (non-hydrogen) atoms. The van der Waals surface area contributed by atoms with Gasteiger partial charge in [0, 0.05) is 0 Å². The number of benzene rings is 2. The van der Waals surface area contributed by atoms with Crippen molar-refractivity contribution in [3.05, 3.63) is 24.3 Å². The second-order valence-electron chi connectivity index (χ2n) is 9.18. The van der Waals surface area contributed by atoms with E-state index in [4.69, 9.17) is 4.42 Å². The van der Waals surface area contributed by atoms with Crippen LogP contribution in [-0.2, 0) is 20.2 Å². The SMILES string of the molecule is [CH3][Sn]([CH3])([CH3])[c]1ccc(S(=O)(=O)O)c2c1oc1[c]([Sn]([CH3])([CH3])[CH3])ccc(S(=O)(=O)O)c12. The van der Waals surface area contributed by atoms with Crippen molar-refractivity contribution in [1.29, 1.82) is 0 Å². The van der Waals surface area contributed by atoms with E-state index in [1.807, 2.05) is 0 Å². The van der Waals surface area contributed by atoms with E-state index in [1.54, 1.807) is 12.1 Å². The molecule has 0 aliphatic rings. The van der Waals surface area contributed by atoms with Crippen LogP contribution in [-0.4, -0.2) is 62.7 Å². The number of fused-ring (bicyclic) bond motifs is 3. The minimum atomic E-state index is -4.66. The summed E-state index contributed by atoms with van der Waals surface area (Å²) in [7, 11) is -9.32. The third-order valence-corrected chi connectivity index (χ3v) is 18.1. The van der Waals surface area contributed by atoms with Crippen LogP contribution in [0.4, 0.5) is 0 Å². The molecule has 0 aliphatic carbocycles. The summed E-state index contributed by atoms with van der Waals surface area (Å²) < 4.78 is 76.1. The molecule has 0 unspecified atom stereocenters. The summed E-state index contributed by atoms with van der Waals surface area (Å²) in [6.45, 7) is 0. The van der Waals surface area contributed by atoms with Gasteiger partial charge in [-0.25, -0.2) is 0 Å². The average molecular weight is 654 g/mol. The Bertz CT molecular complexity index is 1250. The van der Waals surface area contributed by atoms with Crippen molar-refractivity contribution in [3.8, 4) is 0 Å². The molecule has 0 bridgehead atoms. The summed E-state index contributed by atoms with van der Waals surface area (Å²) in [6, 6.07) is 5.89. The van der Waals surface area contributed by atoms with Gasteiger partial charge in [0.1, 0.15) is 0 Å². The molecule has 0 saturated heterocycles. The number of hydrogen-bond donors (Lipinski definition) is 2. The summed E-state index contributed by atoms with van der Waals surface area (Å²) in [5.41, 5.74) is 0.567. The molecular weight excluding hydrogens is 630 g/mol. The van der Waals surface area contributed by atoms with E-state index in [1.165, 1.54) is 12.1 Å². The van der Waals surface area contributed by atoms with E-state index in [9.17, 15) is 25.9 Å². The van der Waals surface area contributed by atoms with Crippen molar-refractivity contribution in [2.24, 2.45) is 0 Å². The van der Waals surface area contributed by atoms with Gasteiger partial charge in [-0.2, -0.15) is 0 Å². The molecule has 0 spiro atoms. The third-order valence-electron chi connectivity index (χ3n) is 4.86. The Morgan fingerprint density at radius 2 is 0.966 bits per heavy atom. The van der Waals surface area contributed by atoms with Gasteiger partial charge in [-0.1, -0.05) is 0 Å². The second-order valence-corrected chi connectivity index (χ2v) is 40.7. The van der Waals surface area contributed by atoms with Crippen LogP contribution in [0.1, 0.15) is 0 Å². The Morgan fingerprint density at radius 1 is 0.655 bits per heavy atom. The Balaban J connectivity index is 2.78. The minimum absolute atomic E-state index is 0.0247. The van der Waals surface area contributed by atoms with Crippen molar-refractivity contribution in [1.82, 2.24) is 0 Å².